The van der Waals surface area contributed by atoms with E-state index in [2.05, 4.69) is 18.7 Å². The molecule has 0 aromatic heterocycles. The molecule has 0 aromatic rings. The van der Waals surface area contributed by atoms with Crippen molar-refractivity contribution in [2.24, 2.45) is 0 Å². The number of rotatable bonds is 2. The van der Waals surface area contributed by atoms with E-state index in [0.29, 0.717) is 12.6 Å². The highest BCUT2D eigenvalue weighted by molar-refractivity contribution is 5.01. The quantitative estimate of drug-likeness (QED) is 0.583. The van der Waals surface area contributed by atoms with Gasteiger partial charge in [0.25, 0.3) is 0 Å². The Morgan fingerprint density at radius 3 is 2.92 bits per heavy atom. The average Bonchev–Trinajstić information content (AvgIpc) is 2.05. The van der Waals surface area contributed by atoms with Crippen LogP contribution in [0.2, 0.25) is 0 Å². The molecule has 1 aliphatic rings. The van der Waals surface area contributed by atoms with Gasteiger partial charge in [-0.1, -0.05) is 0 Å². The van der Waals surface area contributed by atoms with Crippen LogP contribution >= 0.6 is 0 Å². The average molecular weight is 171 g/mol. The molecule has 3 nitrogen and oxygen atoms in total. The fourth-order valence-electron chi connectivity index (χ4n) is 1.39. The van der Waals surface area contributed by atoms with Gasteiger partial charge in [-0.2, -0.15) is 0 Å². The summed E-state index contributed by atoms with van der Waals surface area (Å²) in [6.45, 7) is 6.81. The van der Waals surface area contributed by atoms with Gasteiger partial charge in [-0.3, -0.25) is 0 Å². The van der Waals surface area contributed by atoms with Crippen molar-refractivity contribution in [1.29, 1.82) is 0 Å². The van der Waals surface area contributed by atoms with E-state index >= 15 is 0 Å². The lowest BCUT2D eigenvalue weighted by molar-refractivity contribution is 0.0556. The summed E-state index contributed by atoms with van der Waals surface area (Å²) >= 11 is 0. The van der Waals surface area contributed by atoms with Gasteiger partial charge in [0.2, 0.25) is 0 Å². The molecule has 0 aliphatic carbocycles. The Labute approximate surface area is 74.0 Å². The number of nitrogens with zero attached hydrogens (tertiary/aromatic N) is 1. The summed E-state index contributed by atoms with van der Waals surface area (Å²) in [5.74, 6) is 0. The highest BCUT2D eigenvalue weighted by Crippen LogP contribution is 2.13. The van der Waals surface area contributed by atoms with E-state index in [9.17, 15) is 0 Å². The van der Waals surface area contributed by atoms with Crippen LogP contribution in [0.25, 0.3) is 0 Å². The first-order valence-corrected chi connectivity index (χ1v) is 4.32. The zero-order chi connectivity index (χ0) is 8.97. The Bertz CT molecular complexity index is 166. The van der Waals surface area contributed by atoms with Crippen molar-refractivity contribution in [2.75, 3.05) is 26.9 Å². The summed E-state index contributed by atoms with van der Waals surface area (Å²) in [6, 6.07) is 0.523. The second-order valence-corrected chi connectivity index (χ2v) is 3.18. The van der Waals surface area contributed by atoms with Crippen LogP contribution in [0, 0.1) is 0 Å². The topological polar surface area (TPSA) is 21.7 Å². The Morgan fingerprint density at radius 1 is 1.58 bits per heavy atom. The molecule has 70 valence electrons. The molecule has 1 fully saturated rings. The third-order valence-corrected chi connectivity index (χ3v) is 1.97. The maximum Gasteiger partial charge on any atom is 0.104 e. The summed E-state index contributed by atoms with van der Waals surface area (Å²) < 4.78 is 10.3. The predicted octanol–water partition coefficient (Wildman–Crippen LogP) is 1.21. The molecule has 3 heteroatoms. The van der Waals surface area contributed by atoms with Gasteiger partial charge in [-0.15, -0.1) is 0 Å². The van der Waals surface area contributed by atoms with Gasteiger partial charge in [-0.25, -0.2) is 0 Å². The number of hydrogen-bond donors (Lipinski definition) is 0. The Balaban J connectivity index is 2.60. The molecule has 0 atom stereocenters. The molecule has 0 aromatic carbocycles. The van der Waals surface area contributed by atoms with Crippen LogP contribution < -0.4 is 0 Å². The van der Waals surface area contributed by atoms with Gasteiger partial charge >= 0.3 is 0 Å². The molecule has 12 heavy (non-hydrogen) atoms. The van der Waals surface area contributed by atoms with Crippen molar-refractivity contribution < 1.29 is 9.47 Å². The molecule has 1 saturated heterocycles. The first-order chi connectivity index (χ1) is 5.75. The van der Waals surface area contributed by atoms with Crippen LogP contribution in [-0.4, -0.2) is 37.8 Å². The van der Waals surface area contributed by atoms with E-state index in [1.165, 1.54) is 0 Å². The van der Waals surface area contributed by atoms with Gasteiger partial charge in [0.05, 0.1) is 26.0 Å². The maximum atomic E-state index is 5.33. The highest BCUT2D eigenvalue weighted by Gasteiger charge is 2.17. The summed E-state index contributed by atoms with van der Waals surface area (Å²) in [5.41, 5.74) is 1.14. The fraction of sp³-hybridized carbons (Fsp3) is 0.778. The van der Waals surface area contributed by atoms with Gasteiger partial charge in [0.1, 0.15) is 6.26 Å². The number of morpholine rings is 1. The number of ether oxygens (including phenoxy) is 2. The minimum Gasteiger partial charge on any atom is -0.502 e. The van der Waals surface area contributed by atoms with Gasteiger partial charge in [-0.05, 0) is 13.8 Å². The Hall–Kier alpha value is -0.700. The minimum atomic E-state index is 0.523. The van der Waals surface area contributed by atoms with Crippen LogP contribution in [0.3, 0.4) is 0 Å². The van der Waals surface area contributed by atoms with E-state index in [1.807, 2.05) is 0 Å². The lowest BCUT2D eigenvalue weighted by Crippen LogP contribution is -2.39. The van der Waals surface area contributed by atoms with Crippen molar-refractivity contribution in [1.82, 2.24) is 4.90 Å². The van der Waals surface area contributed by atoms with Crippen LogP contribution in [0.4, 0.5) is 0 Å². The van der Waals surface area contributed by atoms with Crippen molar-refractivity contribution in [3.63, 3.8) is 0 Å². The highest BCUT2D eigenvalue weighted by atomic mass is 16.5. The third kappa shape index (κ3) is 2.14. The molecular weight excluding hydrogens is 154 g/mol. The van der Waals surface area contributed by atoms with Gasteiger partial charge in [0.15, 0.2) is 0 Å². The van der Waals surface area contributed by atoms with E-state index in [-0.39, 0.29) is 0 Å². The first kappa shape index (κ1) is 9.39. The Kier molecular flexibility index (Phi) is 3.41. The monoisotopic (exact) mass is 171 g/mol. The third-order valence-electron chi connectivity index (χ3n) is 1.97. The Morgan fingerprint density at radius 2 is 2.33 bits per heavy atom. The van der Waals surface area contributed by atoms with Crippen molar-refractivity contribution >= 4 is 0 Å². The van der Waals surface area contributed by atoms with Gasteiger partial charge < -0.3 is 14.4 Å². The molecule has 0 bridgehead atoms. The summed E-state index contributed by atoms with van der Waals surface area (Å²) in [6.07, 6.45) is 1.76. The molecule has 1 rings (SSSR count). The zero-order valence-corrected chi connectivity index (χ0v) is 8.04. The molecule has 0 amide bonds. The molecule has 1 aliphatic heterocycles. The van der Waals surface area contributed by atoms with Gasteiger partial charge in [0, 0.05) is 12.6 Å². The summed E-state index contributed by atoms with van der Waals surface area (Å²) in [4.78, 5) is 2.30. The van der Waals surface area contributed by atoms with E-state index in [1.54, 1.807) is 13.4 Å². The molecule has 0 N–H and O–H groups in total. The lowest BCUT2D eigenvalue weighted by atomic mass is 10.2. The molecule has 0 saturated carbocycles. The molecule has 0 unspecified atom stereocenters. The van der Waals surface area contributed by atoms with Crippen LogP contribution in [0.1, 0.15) is 13.8 Å². The summed E-state index contributed by atoms with van der Waals surface area (Å²) in [5, 5.41) is 0. The van der Waals surface area contributed by atoms with E-state index < -0.39 is 0 Å². The molecule has 0 radical (unpaired) electrons. The standard InChI is InChI=1S/C9H17NO2/c1-8(2)10-4-5-12-7-9(10)6-11-3/h6,8H,4-5,7H2,1-3H3/b9-6-. The first-order valence-electron chi connectivity index (χ1n) is 4.32. The smallest absolute Gasteiger partial charge is 0.104 e. The van der Waals surface area contributed by atoms with Crippen molar-refractivity contribution in [2.45, 2.75) is 19.9 Å². The van der Waals surface area contributed by atoms with Crippen LogP contribution in [0.5, 0.6) is 0 Å². The number of methoxy groups -OCH3 is 1. The fourth-order valence-corrected chi connectivity index (χ4v) is 1.39. The summed E-state index contributed by atoms with van der Waals surface area (Å²) in [7, 11) is 1.67. The largest absolute Gasteiger partial charge is 0.502 e. The lowest BCUT2D eigenvalue weighted by Gasteiger charge is -2.34. The predicted molar refractivity (Wildman–Crippen MR) is 47.8 cm³/mol. The zero-order valence-electron chi connectivity index (χ0n) is 8.04. The van der Waals surface area contributed by atoms with Crippen molar-refractivity contribution in [3.05, 3.63) is 12.0 Å². The maximum absolute atomic E-state index is 5.33. The molecule has 0 spiro atoms. The minimum absolute atomic E-state index is 0.523. The van der Waals surface area contributed by atoms with Crippen molar-refractivity contribution in [3.8, 4) is 0 Å². The van der Waals surface area contributed by atoms with E-state index in [0.717, 1.165) is 18.8 Å². The normalized spacial score (nSPS) is 22.0. The number of hydrogen-bond acceptors (Lipinski definition) is 3. The second-order valence-electron chi connectivity index (χ2n) is 3.18. The van der Waals surface area contributed by atoms with E-state index in [4.69, 9.17) is 9.47 Å². The molecular formula is C9H17NO2. The van der Waals surface area contributed by atoms with Crippen LogP contribution in [0.15, 0.2) is 12.0 Å². The molecule has 1 heterocycles. The van der Waals surface area contributed by atoms with Crippen LogP contribution in [-0.2, 0) is 9.47 Å². The second kappa shape index (κ2) is 4.36. The SMILES string of the molecule is CO/C=C1/COCCN1C(C)C.